The predicted octanol–water partition coefficient (Wildman–Crippen LogP) is 2.21. The molecule has 0 heterocycles. The molecule has 4 heteroatoms. The molecule has 0 fully saturated rings. The molecule has 1 rings (SSSR count). The van der Waals surface area contributed by atoms with E-state index >= 15 is 0 Å². The Hall–Kier alpha value is -1.16. The van der Waals surface area contributed by atoms with Crippen molar-refractivity contribution >= 4 is 0 Å². The van der Waals surface area contributed by atoms with Gasteiger partial charge in [-0.05, 0) is 6.07 Å². The minimum atomic E-state index is -0.962. The van der Waals surface area contributed by atoms with Crippen LogP contribution in [-0.2, 0) is 5.41 Å². The molecule has 0 atom stereocenters. The van der Waals surface area contributed by atoms with Gasteiger partial charge in [0.1, 0.15) is 0 Å². The van der Waals surface area contributed by atoms with Crippen molar-refractivity contribution < 1.29 is 13.5 Å². The molecule has 0 aromatic heterocycles. The van der Waals surface area contributed by atoms with E-state index in [0.29, 0.717) is 12.1 Å². The monoisotopic (exact) mass is 215 g/mol. The molecule has 0 saturated carbocycles. The number of methoxy groups -OCH3 is 1. The van der Waals surface area contributed by atoms with Gasteiger partial charge in [0.15, 0.2) is 11.6 Å². The maximum atomic E-state index is 13.4. The van der Waals surface area contributed by atoms with Crippen molar-refractivity contribution in [3.63, 3.8) is 0 Å². The zero-order valence-electron chi connectivity index (χ0n) is 9.10. The maximum absolute atomic E-state index is 13.4. The van der Waals surface area contributed by atoms with Crippen LogP contribution in [0, 0.1) is 11.6 Å². The summed E-state index contributed by atoms with van der Waals surface area (Å²) >= 11 is 0. The van der Waals surface area contributed by atoms with Gasteiger partial charge in [0.25, 0.3) is 0 Å². The minimum Gasteiger partial charge on any atom is -0.493 e. The average Bonchev–Trinajstić information content (AvgIpc) is 2.21. The molecule has 0 aliphatic rings. The van der Waals surface area contributed by atoms with Crippen molar-refractivity contribution in [1.29, 1.82) is 0 Å². The number of rotatable bonds is 3. The molecule has 0 bridgehead atoms. The lowest BCUT2D eigenvalue weighted by Crippen LogP contribution is -2.29. The van der Waals surface area contributed by atoms with Gasteiger partial charge in [-0.15, -0.1) is 0 Å². The second kappa shape index (κ2) is 4.14. The van der Waals surface area contributed by atoms with Gasteiger partial charge in [-0.2, -0.15) is 4.39 Å². The lowest BCUT2D eigenvalue weighted by Gasteiger charge is -2.25. The number of nitrogens with two attached hydrogens (primary N) is 1. The van der Waals surface area contributed by atoms with Crippen LogP contribution in [0.25, 0.3) is 0 Å². The van der Waals surface area contributed by atoms with E-state index in [-0.39, 0.29) is 5.75 Å². The highest BCUT2D eigenvalue weighted by Gasteiger charge is 2.26. The summed E-state index contributed by atoms with van der Waals surface area (Å²) in [7, 11) is 1.31. The third kappa shape index (κ3) is 2.09. The van der Waals surface area contributed by atoms with Crippen LogP contribution in [0.2, 0.25) is 0 Å². The molecule has 0 spiro atoms. The Balaban J connectivity index is 3.37. The van der Waals surface area contributed by atoms with Gasteiger partial charge in [0.05, 0.1) is 7.11 Å². The predicted molar refractivity (Wildman–Crippen MR) is 55.0 cm³/mol. The van der Waals surface area contributed by atoms with E-state index < -0.39 is 17.0 Å². The summed E-state index contributed by atoms with van der Waals surface area (Å²) in [5.41, 5.74) is 5.71. The highest BCUT2D eigenvalue weighted by atomic mass is 19.2. The molecule has 0 radical (unpaired) electrons. The quantitative estimate of drug-likeness (QED) is 0.839. The van der Waals surface area contributed by atoms with E-state index in [4.69, 9.17) is 10.5 Å². The first-order valence-corrected chi connectivity index (χ1v) is 4.66. The molecule has 0 unspecified atom stereocenters. The lowest BCUT2D eigenvalue weighted by atomic mass is 9.84. The third-order valence-electron chi connectivity index (χ3n) is 2.49. The van der Waals surface area contributed by atoms with Gasteiger partial charge >= 0.3 is 0 Å². The Labute approximate surface area is 88.0 Å². The van der Waals surface area contributed by atoms with Crippen molar-refractivity contribution in [3.8, 4) is 5.75 Å². The fourth-order valence-corrected chi connectivity index (χ4v) is 1.37. The fourth-order valence-electron chi connectivity index (χ4n) is 1.37. The van der Waals surface area contributed by atoms with Crippen molar-refractivity contribution in [2.45, 2.75) is 19.3 Å². The van der Waals surface area contributed by atoms with Crippen molar-refractivity contribution in [1.82, 2.24) is 0 Å². The average molecular weight is 215 g/mol. The van der Waals surface area contributed by atoms with Crippen LogP contribution in [-0.4, -0.2) is 13.7 Å². The first-order valence-electron chi connectivity index (χ1n) is 4.66. The van der Waals surface area contributed by atoms with E-state index in [1.165, 1.54) is 13.2 Å². The second-order valence-electron chi connectivity index (χ2n) is 4.03. The zero-order valence-corrected chi connectivity index (χ0v) is 9.10. The largest absolute Gasteiger partial charge is 0.493 e. The van der Waals surface area contributed by atoms with Crippen LogP contribution in [0.15, 0.2) is 12.1 Å². The summed E-state index contributed by atoms with van der Waals surface area (Å²) in [6.07, 6.45) is 0. The van der Waals surface area contributed by atoms with Crippen LogP contribution in [0.3, 0.4) is 0 Å². The number of halogens is 2. The molecule has 15 heavy (non-hydrogen) atoms. The third-order valence-corrected chi connectivity index (χ3v) is 2.49. The van der Waals surface area contributed by atoms with E-state index in [1.54, 1.807) is 0 Å². The van der Waals surface area contributed by atoms with Crippen LogP contribution in [0.5, 0.6) is 5.75 Å². The summed E-state index contributed by atoms with van der Waals surface area (Å²) < 4.78 is 31.2. The van der Waals surface area contributed by atoms with Gasteiger partial charge in [0, 0.05) is 17.5 Å². The number of benzene rings is 1. The first-order chi connectivity index (χ1) is 6.94. The summed E-state index contributed by atoms with van der Waals surface area (Å²) in [6, 6.07) is 2.59. The number of hydrogen-bond acceptors (Lipinski definition) is 2. The van der Waals surface area contributed by atoms with Gasteiger partial charge in [-0.3, -0.25) is 0 Å². The second-order valence-corrected chi connectivity index (χ2v) is 4.03. The SMILES string of the molecule is COc1c(C(C)(C)CN)ccc(F)c1F. The minimum absolute atomic E-state index is 0.0644. The zero-order chi connectivity index (χ0) is 11.6. The van der Waals surface area contributed by atoms with Crippen LogP contribution < -0.4 is 10.5 Å². The number of ether oxygens (including phenoxy) is 1. The summed E-state index contributed by atoms with van der Waals surface area (Å²) in [5, 5.41) is 0. The maximum Gasteiger partial charge on any atom is 0.200 e. The summed E-state index contributed by atoms with van der Waals surface area (Å²) in [6.45, 7) is 4.03. The molecule has 0 amide bonds. The lowest BCUT2D eigenvalue weighted by molar-refractivity contribution is 0.354. The Morgan fingerprint density at radius 2 is 1.93 bits per heavy atom. The molecular weight excluding hydrogens is 200 g/mol. The molecule has 0 saturated heterocycles. The van der Waals surface area contributed by atoms with Crippen LogP contribution in [0.4, 0.5) is 8.78 Å². The van der Waals surface area contributed by atoms with Gasteiger partial charge in [0.2, 0.25) is 5.82 Å². The highest BCUT2D eigenvalue weighted by molar-refractivity contribution is 5.40. The van der Waals surface area contributed by atoms with Gasteiger partial charge in [-0.1, -0.05) is 19.9 Å². The van der Waals surface area contributed by atoms with Crippen LogP contribution in [0.1, 0.15) is 19.4 Å². The molecule has 2 N–H and O–H groups in total. The Bertz CT molecular complexity index is 364. The van der Waals surface area contributed by atoms with E-state index in [1.807, 2.05) is 13.8 Å². The van der Waals surface area contributed by atoms with Gasteiger partial charge in [-0.25, -0.2) is 4.39 Å². The van der Waals surface area contributed by atoms with E-state index in [0.717, 1.165) is 6.07 Å². The topological polar surface area (TPSA) is 35.2 Å². The normalized spacial score (nSPS) is 11.6. The summed E-state index contributed by atoms with van der Waals surface area (Å²) in [4.78, 5) is 0. The molecule has 84 valence electrons. The van der Waals surface area contributed by atoms with Crippen LogP contribution >= 0.6 is 0 Å². The molecule has 1 aromatic rings. The van der Waals surface area contributed by atoms with Crippen molar-refractivity contribution in [3.05, 3.63) is 29.3 Å². The molecule has 2 nitrogen and oxygen atoms in total. The number of hydrogen-bond donors (Lipinski definition) is 1. The Morgan fingerprint density at radius 3 is 2.40 bits per heavy atom. The fraction of sp³-hybridized carbons (Fsp3) is 0.455. The summed E-state index contributed by atoms with van der Waals surface area (Å²) in [5.74, 6) is -1.94. The van der Waals surface area contributed by atoms with Gasteiger partial charge < -0.3 is 10.5 Å². The highest BCUT2D eigenvalue weighted by Crippen LogP contribution is 2.33. The standard InChI is InChI=1S/C11H15F2NO/c1-11(2,6-14)7-4-5-8(12)9(13)10(7)15-3/h4-5H,6,14H2,1-3H3. The smallest absolute Gasteiger partial charge is 0.200 e. The van der Waals surface area contributed by atoms with Crippen molar-refractivity contribution in [2.75, 3.05) is 13.7 Å². The molecule has 0 aliphatic carbocycles. The molecular formula is C11H15F2NO. The van der Waals surface area contributed by atoms with E-state index in [9.17, 15) is 8.78 Å². The van der Waals surface area contributed by atoms with Crippen molar-refractivity contribution in [2.24, 2.45) is 5.73 Å². The first kappa shape index (κ1) is 11.9. The molecule has 1 aromatic carbocycles. The Kier molecular flexibility index (Phi) is 3.29. The Morgan fingerprint density at radius 1 is 1.33 bits per heavy atom. The molecule has 0 aliphatic heterocycles. The van der Waals surface area contributed by atoms with E-state index in [2.05, 4.69) is 0 Å².